The zero-order valence-corrected chi connectivity index (χ0v) is 16.6. The largest absolute Gasteiger partial charge is 0.447 e. The van der Waals surface area contributed by atoms with E-state index >= 15 is 0 Å². The third-order valence-electron chi connectivity index (χ3n) is 5.18. The maximum Gasteiger partial charge on any atom is 0.308 e. The molecule has 2 aromatic rings. The standard InChI is InChI=1S/C23H22N2O5/c1-14-7-10-17-18(13-14)23(29)25(22(17)28)12-11-19(26)30-20(15-5-3-2-4-6-15)21(27)24-16-8-9-16/h2-7,10,13,16,20H,8-9,11-12H2,1H3,(H,24,27). The maximum absolute atomic E-state index is 12.6. The number of imide groups is 1. The Bertz CT molecular complexity index is 1010. The van der Waals surface area contributed by atoms with Gasteiger partial charge < -0.3 is 10.1 Å². The van der Waals surface area contributed by atoms with Crippen LogP contribution in [0.5, 0.6) is 0 Å². The smallest absolute Gasteiger partial charge is 0.308 e. The summed E-state index contributed by atoms with van der Waals surface area (Å²) < 4.78 is 5.45. The summed E-state index contributed by atoms with van der Waals surface area (Å²) in [4.78, 5) is 51.1. The molecule has 0 spiro atoms. The molecule has 4 rings (SSSR count). The quantitative estimate of drug-likeness (QED) is 0.563. The SMILES string of the molecule is Cc1ccc2c(c1)C(=O)N(CCC(=O)OC(C(=O)NC1CC1)c1ccccc1)C2=O. The average Bonchev–Trinajstić information content (AvgIpc) is 3.52. The van der Waals surface area contributed by atoms with Gasteiger partial charge in [0.2, 0.25) is 6.10 Å². The van der Waals surface area contributed by atoms with E-state index in [0.717, 1.165) is 23.3 Å². The van der Waals surface area contributed by atoms with E-state index < -0.39 is 23.9 Å². The predicted molar refractivity (Wildman–Crippen MR) is 108 cm³/mol. The molecular formula is C23H22N2O5. The van der Waals surface area contributed by atoms with Crippen LogP contribution in [0.4, 0.5) is 0 Å². The number of aryl methyl sites for hydroxylation is 1. The molecule has 0 radical (unpaired) electrons. The number of fused-ring (bicyclic) bond motifs is 1. The van der Waals surface area contributed by atoms with E-state index in [4.69, 9.17) is 4.74 Å². The molecule has 1 aliphatic carbocycles. The second-order valence-corrected chi connectivity index (χ2v) is 7.62. The Kier molecular flexibility index (Phi) is 5.35. The van der Waals surface area contributed by atoms with E-state index in [1.165, 1.54) is 0 Å². The number of nitrogens with one attached hydrogen (secondary N) is 1. The van der Waals surface area contributed by atoms with Crippen molar-refractivity contribution in [2.45, 2.75) is 38.3 Å². The molecule has 1 heterocycles. The van der Waals surface area contributed by atoms with Crippen molar-refractivity contribution in [3.8, 4) is 0 Å². The molecular weight excluding hydrogens is 384 g/mol. The van der Waals surface area contributed by atoms with Crippen LogP contribution in [-0.2, 0) is 14.3 Å². The molecule has 30 heavy (non-hydrogen) atoms. The van der Waals surface area contributed by atoms with Gasteiger partial charge in [-0.1, -0.05) is 42.0 Å². The van der Waals surface area contributed by atoms with Gasteiger partial charge in [0.1, 0.15) is 0 Å². The number of hydrogen-bond acceptors (Lipinski definition) is 5. The van der Waals surface area contributed by atoms with E-state index in [-0.39, 0.29) is 24.9 Å². The minimum atomic E-state index is -1.07. The number of hydrogen-bond donors (Lipinski definition) is 1. The second-order valence-electron chi connectivity index (χ2n) is 7.62. The number of amides is 3. The predicted octanol–water partition coefficient (Wildman–Crippen LogP) is 2.54. The highest BCUT2D eigenvalue weighted by molar-refractivity contribution is 6.21. The minimum absolute atomic E-state index is 0.101. The first-order valence-electron chi connectivity index (χ1n) is 9.95. The van der Waals surface area contributed by atoms with Crippen molar-refractivity contribution in [1.29, 1.82) is 0 Å². The molecule has 154 valence electrons. The van der Waals surface area contributed by atoms with Gasteiger partial charge in [0.25, 0.3) is 17.7 Å². The lowest BCUT2D eigenvalue weighted by molar-refractivity contribution is -0.156. The van der Waals surface area contributed by atoms with Gasteiger partial charge in [-0.3, -0.25) is 24.1 Å². The van der Waals surface area contributed by atoms with Gasteiger partial charge in [0.15, 0.2) is 0 Å². The van der Waals surface area contributed by atoms with Crippen LogP contribution in [0.3, 0.4) is 0 Å². The van der Waals surface area contributed by atoms with Gasteiger partial charge in [0, 0.05) is 18.2 Å². The lowest BCUT2D eigenvalue weighted by atomic mass is 10.1. The van der Waals surface area contributed by atoms with E-state index in [1.54, 1.807) is 42.5 Å². The highest BCUT2D eigenvalue weighted by Crippen LogP contribution is 2.25. The van der Waals surface area contributed by atoms with E-state index in [0.29, 0.717) is 16.7 Å². The van der Waals surface area contributed by atoms with Crippen molar-refractivity contribution in [2.24, 2.45) is 0 Å². The van der Waals surface area contributed by atoms with E-state index in [1.807, 2.05) is 13.0 Å². The molecule has 1 fully saturated rings. The zero-order chi connectivity index (χ0) is 21.3. The summed E-state index contributed by atoms with van der Waals surface area (Å²) >= 11 is 0. The zero-order valence-electron chi connectivity index (χ0n) is 16.6. The Hall–Kier alpha value is -3.48. The summed E-state index contributed by atoms with van der Waals surface area (Å²) in [6, 6.07) is 14.0. The molecule has 1 N–H and O–H groups in total. The fraction of sp³-hybridized carbons (Fsp3) is 0.304. The third kappa shape index (κ3) is 4.10. The first-order chi connectivity index (χ1) is 14.4. The lowest BCUT2D eigenvalue weighted by Gasteiger charge is -2.19. The van der Waals surface area contributed by atoms with Crippen molar-refractivity contribution in [1.82, 2.24) is 10.2 Å². The Morgan fingerprint density at radius 2 is 1.77 bits per heavy atom. The summed E-state index contributed by atoms with van der Waals surface area (Å²) in [7, 11) is 0. The first-order valence-corrected chi connectivity index (χ1v) is 9.95. The number of ether oxygens (including phenoxy) is 1. The normalized spacial score (nSPS) is 16.2. The maximum atomic E-state index is 12.6. The Labute approximate surface area is 174 Å². The van der Waals surface area contributed by atoms with Crippen molar-refractivity contribution in [3.05, 3.63) is 70.8 Å². The number of carbonyl (C=O) groups excluding carboxylic acids is 4. The second kappa shape index (κ2) is 8.10. The fourth-order valence-corrected chi connectivity index (χ4v) is 3.41. The number of nitrogens with zero attached hydrogens (tertiary/aromatic N) is 1. The van der Waals surface area contributed by atoms with Crippen LogP contribution in [-0.4, -0.2) is 41.2 Å². The summed E-state index contributed by atoms with van der Waals surface area (Å²) in [5.74, 6) is -1.86. The molecule has 0 saturated heterocycles. The van der Waals surface area contributed by atoms with Crippen LogP contribution in [0.1, 0.15) is 57.2 Å². The molecule has 2 aliphatic rings. The lowest BCUT2D eigenvalue weighted by Crippen LogP contribution is -2.35. The Morgan fingerprint density at radius 3 is 2.47 bits per heavy atom. The molecule has 7 heteroatoms. The number of carbonyl (C=O) groups is 4. The fourth-order valence-electron chi connectivity index (χ4n) is 3.41. The first kappa shape index (κ1) is 19.8. The van der Waals surface area contributed by atoms with Crippen molar-refractivity contribution in [2.75, 3.05) is 6.54 Å². The van der Waals surface area contributed by atoms with Gasteiger partial charge in [-0.15, -0.1) is 0 Å². The number of rotatable bonds is 7. The molecule has 0 aromatic heterocycles. The molecule has 7 nitrogen and oxygen atoms in total. The third-order valence-corrected chi connectivity index (χ3v) is 5.18. The van der Waals surface area contributed by atoms with Crippen LogP contribution < -0.4 is 5.32 Å². The van der Waals surface area contributed by atoms with Crippen LogP contribution >= 0.6 is 0 Å². The summed E-state index contributed by atoms with van der Waals surface area (Å²) in [6.45, 7) is 1.74. The average molecular weight is 406 g/mol. The number of esters is 1. The van der Waals surface area contributed by atoms with Gasteiger partial charge in [-0.05, 0) is 31.9 Å². The van der Waals surface area contributed by atoms with Crippen molar-refractivity contribution in [3.63, 3.8) is 0 Å². The molecule has 2 aromatic carbocycles. The summed E-state index contributed by atoms with van der Waals surface area (Å²) in [5, 5.41) is 2.85. The highest BCUT2D eigenvalue weighted by atomic mass is 16.5. The van der Waals surface area contributed by atoms with Gasteiger partial charge in [-0.25, -0.2) is 0 Å². The highest BCUT2D eigenvalue weighted by Gasteiger charge is 2.36. The van der Waals surface area contributed by atoms with Crippen molar-refractivity contribution >= 4 is 23.7 Å². The van der Waals surface area contributed by atoms with E-state index in [9.17, 15) is 19.2 Å². The molecule has 1 atom stereocenters. The summed E-state index contributed by atoms with van der Waals surface area (Å²) in [6.07, 6.45) is 0.579. The molecule has 3 amide bonds. The van der Waals surface area contributed by atoms with Gasteiger partial charge in [-0.2, -0.15) is 0 Å². The molecule has 0 bridgehead atoms. The van der Waals surface area contributed by atoms with Crippen molar-refractivity contribution < 1.29 is 23.9 Å². The topological polar surface area (TPSA) is 92.8 Å². The van der Waals surface area contributed by atoms with Gasteiger partial charge >= 0.3 is 5.97 Å². The molecule has 1 saturated carbocycles. The monoisotopic (exact) mass is 406 g/mol. The Morgan fingerprint density at radius 1 is 1.07 bits per heavy atom. The Balaban J connectivity index is 1.41. The van der Waals surface area contributed by atoms with Crippen LogP contribution in [0.15, 0.2) is 48.5 Å². The van der Waals surface area contributed by atoms with Crippen LogP contribution in [0, 0.1) is 6.92 Å². The van der Waals surface area contributed by atoms with Crippen LogP contribution in [0.2, 0.25) is 0 Å². The number of benzene rings is 2. The summed E-state index contributed by atoms with van der Waals surface area (Å²) in [5.41, 5.74) is 2.13. The minimum Gasteiger partial charge on any atom is -0.447 e. The molecule has 1 unspecified atom stereocenters. The van der Waals surface area contributed by atoms with Gasteiger partial charge in [0.05, 0.1) is 17.5 Å². The van der Waals surface area contributed by atoms with E-state index in [2.05, 4.69) is 5.32 Å². The van der Waals surface area contributed by atoms with Crippen LogP contribution in [0.25, 0.3) is 0 Å². The molecule has 1 aliphatic heterocycles.